The summed E-state index contributed by atoms with van der Waals surface area (Å²) < 4.78 is 0.504. The fraction of sp³-hybridized carbons (Fsp3) is 0.417. The van der Waals surface area contributed by atoms with E-state index in [4.69, 9.17) is 0 Å². The number of nitro benzene ring substituents is 1. The van der Waals surface area contributed by atoms with Crippen LogP contribution in [0.4, 0.5) is 5.69 Å². The van der Waals surface area contributed by atoms with Crippen molar-refractivity contribution in [1.82, 2.24) is 5.32 Å². The van der Waals surface area contributed by atoms with E-state index < -0.39 is 4.92 Å². The van der Waals surface area contributed by atoms with Gasteiger partial charge in [-0.15, -0.1) is 0 Å². The minimum Gasteiger partial charge on any atom is -0.346 e. The van der Waals surface area contributed by atoms with E-state index in [1.165, 1.54) is 12.1 Å². The Kier molecular flexibility index (Phi) is 5.49. The monoisotopic (exact) mass is 392 g/mol. The van der Waals surface area contributed by atoms with Gasteiger partial charge in [-0.3, -0.25) is 14.9 Å². The van der Waals surface area contributed by atoms with Crippen LogP contribution in [-0.2, 0) is 0 Å². The quantitative estimate of drug-likeness (QED) is 0.471. The number of carbonyl (C=O) groups excluding carboxylic acids is 1. The van der Waals surface area contributed by atoms with Gasteiger partial charge in [-0.05, 0) is 19.4 Å². The molecule has 1 amide bonds. The van der Waals surface area contributed by atoms with Crippen LogP contribution in [0.2, 0.25) is 0 Å². The first-order valence-electron chi connectivity index (χ1n) is 5.65. The summed E-state index contributed by atoms with van der Waals surface area (Å²) in [6.45, 7) is 3.87. The van der Waals surface area contributed by atoms with Crippen LogP contribution in [0.25, 0.3) is 0 Å². The first kappa shape index (κ1) is 16.1. The van der Waals surface area contributed by atoms with Crippen molar-refractivity contribution in [1.29, 1.82) is 0 Å². The van der Waals surface area contributed by atoms with Crippen molar-refractivity contribution in [2.24, 2.45) is 0 Å². The van der Waals surface area contributed by atoms with Gasteiger partial charge >= 0.3 is 0 Å². The number of amides is 1. The number of halogens is 2. The largest absolute Gasteiger partial charge is 0.346 e. The van der Waals surface area contributed by atoms with Crippen LogP contribution in [0.15, 0.2) is 22.7 Å². The standard InChI is InChI=1S/C12H14Br2N2O3/c1-3-12(2,7-13)15-11(17)8-4-9(14)6-10(5-8)16(18)19/h4-6H,3,7H2,1-2H3,(H,15,17). The summed E-state index contributed by atoms with van der Waals surface area (Å²) in [5, 5.41) is 14.3. The van der Waals surface area contributed by atoms with E-state index in [1.54, 1.807) is 6.07 Å². The lowest BCUT2D eigenvalue weighted by atomic mass is 10.0. The number of carbonyl (C=O) groups is 1. The molecule has 19 heavy (non-hydrogen) atoms. The molecule has 1 N–H and O–H groups in total. The van der Waals surface area contributed by atoms with Gasteiger partial charge in [0.25, 0.3) is 11.6 Å². The molecule has 1 unspecified atom stereocenters. The van der Waals surface area contributed by atoms with E-state index in [0.717, 1.165) is 6.42 Å². The molecule has 1 atom stereocenters. The molecule has 104 valence electrons. The summed E-state index contributed by atoms with van der Waals surface area (Å²) >= 11 is 6.52. The number of alkyl halides is 1. The Morgan fingerprint density at radius 3 is 2.58 bits per heavy atom. The number of non-ortho nitro benzene ring substituents is 1. The Balaban J connectivity index is 3.03. The molecule has 1 rings (SSSR count). The molecule has 7 heteroatoms. The summed E-state index contributed by atoms with van der Waals surface area (Å²) in [7, 11) is 0. The fourth-order valence-electron chi connectivity index (χ4n) is 1.37. The average molecular weight is 394 g/mol. The highest BCUT2D eigenvalue weighted by Gasteiger charge is 2.24. The molecule has 0 heterocycles. The van der Waals surface area contributed by atoms with Gasteiger partial charge < -0.3 is 5.32 Å². The highest BCUT2D eigenvalue weighted by atomic mass is 79.9. The highest BCUT2D eigenvalue weighted by Crippen LogP contribution is 2.22. The first-order valence-corrected chi connectivity index (χ1v) is 7.56. The lowest BCUT2D eigenvalue weighted by Crippen LogP contribution is -2.46. The molecule has 0 bridgehead atoms. The van der Waals surface area contributed by atoms with Crippen LogP contribution in [0.3, 0.4) is 0 Å². The third-order valence-electron chi connectivity index (χ3n) is 2.85. The molecule has 0 aromatic heterocycles. The Hall–Kier alpha value is -0.950. The van der Waals surface area contributed by atoms with Crippen molar-refractivity contribution in [3.05, 3.63) is 38.3 Å². The van der Waals surface area contributed by atoms with Gasteiger partial charge in [0.05, 0.1) is 4.92 Å². The van der Waals surface area contributed by atoms with Crippen molar-refractivity contribution >= 4 is 43.5 Å². The summed E-state index contributed by atoms with van der Waals surface area (Å²) in [6, 6.07) is 4.19. The number of benzene rings is 1. The summed E-state index contributed by atoms with van der Waals surface area (Å²) in [5.41, 5.74) is -0.230. The van der Waals surface area contributed by atoms with Crippen molar-refractivity contribution in [3.8, 4) is 0 Å². The van der Waals surface area contributed by atoms with Gasteiger partial charge in [0.2, 0.25) is 0 Å². The SMILES string of the molecule is CCC(C)(CBr)NC(=O)c1cc(Br)cc([N+](=O)[O-])c1. The van der Waals surface area contributed by atoms with E-state index in [0.29, 0.717) is 9.80 Å². The number of rotatable bonds is 5. The van der Waals surface area contributed by atoms with Crippen LogP contribution < -0.4 is 5.32 Å². The molecule has 1 aromatic rings. The summed E-state index contributed by atoms with van der Waals surface area (Å²) in [4.78, 5) is 22.4. The van der Waals surface area contributed by atoms with Gasteiger partial charge in [0, 0.05) is 33.0 Å². The van der Waals surface area contributed by atoms with Crippen LogP contribution in [0.1, 0.15) is 30.6 Å². The zero-order valence-electron chi connectivity index (χ0n) is 10.6. The van der Waals surface area contributed by atoms with Crippen LogP contribution in [0, 0.1) is 10.1 Å². The second-order valence-corrected chi connectivity index (χ2v) is 5.93. The molecule has 0 radical (unpaired) electrons. The van der Waals surface area contributed by atoms with Crippen molar-refractivity contribution in [3.63, 3.8) is 0 Å². The topological polar surface area (TPSA) is 72.2 Å². The maximum atomic E-state index is 12.1. The maximum absolute atomic E-state index is 12.1. The zero-order valence-corrected chi connectivity index (χ0v) is 13.7. The smallest absolute Gasteiger partial charge is 0.271 e. The summed E-state index contributed by atoms with van der Waals surface area (Å²) in [5.74, 6) is -0.326. The van der Waals surface area contributed by atoms with Crippen LogP contribution >= 0.6 is 31.9 Å². The van der Waals surface area contributed by atoms with Gasteiger partial charge in [-0.2, -0.15) is 0 Å². The molecule has 0 saturated heterocycles. The Bertz CT molecular complexity index is 502. The second kappa shape index (κ2) is 6.47. The number of nitro groups is 1. The van der Waals surface area contributed by atoms with Gasteiger partial charge in [-0.25, -0.2) is 0 Å². The Morgan fingerprint density at radius 2 is 2.11 bits per heavy atom. The van der Waals surface area contributed by atoms with E-state index in [1.807, 2.05) is 13.8 Å². The average Bonchev–Trinajstić information content (AvgIpc) is 2.37. The normalized spacial score (nSPS) is 13.7. The molecule has 0 aliphatic rings. The number of hydrogen-bond acceptors (Lipinski definition) is 3. The highest BCUT2D eigenvalue weighted by molar-refractivity contribution is 9.10. The van der Waals surface area contributed by atoms with Gasteiger partial charge in [0.1, 0.15) is 0 Å². The molecule has 0 aliphatic heterocycles. The molecular formula is C12H14Br2N2O3. The molecular weight excluding hydrogens is 380 g/mol. The Labute approximate surface area is 128 Å². The van der Waals surface area contributed by atoms with Crippen molar-refractivity contribution in [2.75, 3.05) is 5.33 Å². The molecule has 0 saturated carbocycles. The molecule has 0 fully saturated rings. The predicted molar refractivity (Wildman–Crippen MR) is 80.8 cm³/mol. The van der Waals surface area contributed by atoms with Gasteiger partial charge in [0.15, 0.2) is 0 Å². The second-order valence-electron chi connectivity index (χ2n) is 4.46. The lowest BCUT2D eigenvalue weighted by Gasteiger charge is -2.27. The number of nitrogens with zero attached hydrogens (tertiary/aromatic N) is 1. The summed E-state index contributed by atoms with van der Waals surface area (Å²) in [6.07, 6.45) is 0.750. The third kappa shape index (κ3) is 4.28. The van der Waals surface area contributed by atoms with E-state index in [-0.39, 0.29) is 22.7 Å². The minimum absolute atomic E-state index is 0.114. The van der Waals surface area contributed by atoms with Crippen molar-refractivity contribution < 1.29 is 9.72 Å². The van der Waals surface area contributed by atoms with E-state index in [9.17, 15) is 14.9 Å². The zero-order chi connectivity index (χ0) is 14.6. The van der Waals surface area contributed by atoms with E-state index in [2.05, 4.69) is 37.2 Å². The molecule has 0 aliphatic carbocycles. The first-order chi connectivity index (χ1) is 8.81. The van der Waals surface area contributed by atoms with Crippen molar-refractivity contribution in [2.45, 2.75) is 25.8 Å². The van der Waals surface area contributed by atoms with Gasteiger partial charge in [-0.1, -0.05) is 38.8 Å². The molecule has 1 aromatic carbocycles. The predicted octanol–water partition coefficient (Wildman–Crippen LogP) is 3.65. The fourth-order valence-corrected chi connectivity index (χ4v) is 2.39. The Morgan fingerprint density at radius 1 is 1.47 bits per heavy atom. The minimum atomic E-state index is -0.523. The van der Waals surface area contributed by atoms with E-state index >= 15 is 0 Å². The number of hydrogen-bond donors (Lipinski definition) is 1. The van der Waals surface area contributed by atoms with Crippen LogP contribution in [0.5, 0.6) is 0 Å². The number of nitrogens with one attached hydrogen (secondary N) is 1. The third-order valence-corrected chi connectivity index (χ3v) is 4.54. The lowest BCUT2D eigenvalue weighted by molar-refractivity contribution is -0.385. The maximum Gasteiger partial charge on any atom is 0.271 e. The molecule has 0 spiro atoms. The molecule has 5 nitrogen and oxygen atoms in total. The van der Waals surface area contributed by atoms with Crippen LogP contribution in [-0.4, -0.2) is 21.7 Å².